The number of benzene rings is 1. The van der Waals surface area contributed by atoms with E-state index >= 15 is 0 Å². The van der Waals surface area contributed by atoms with Crippen molar-refractivity contribution in [2.75, 3.05) is 11.9 Å². The van der Waals surface area contributed by atoms with Crippen molar-refractivity contribution in [1.29, 1.82) is 0 Å². The minimum atomic E-state index is -0.153. The molecule has 0 spiro atoms. The van der Waals surface area contributed by atoms with Gasteiger partial charge in [-0.15, -0.1) is 10.2 Å². The molecule has 2 bridgehead atoms. The highest BCUT2D eigenvalue weighted by Gasteiger charge is 2.46. The molecule has 178 valence electrons. The number of rotatable bonds is 4. The van der Waals surface area contributed by atoms with E-state index in [4.69, 9.17) is 0 Å². The van der Waals surface area contributed by atoms with Crippen LogP contribution in [0.25, 0.3) is 22.5 Å². The second-order valence-electron chi connectivity index (χ2n) is 10.5. The van der Waals surface area contributed by atoms with Gasteiger partial charge < -0.3 is 19.9 Å². The van der Waals surface area contributed by atoms with Crippen molar-refractivity contribution in [3.8, 4) is 28.3 Å². The number of aryl methyl sites for hydroxylation is 1. The lowest BCUT2D eigenvalue weighted by Gasteiger charge is -2.55. The molecule has 2 aliphatic heterocycles. The average Bonchev–Trinajstić information content (AvgIpc) is 2.79. The normalized spacial score (nSPS) is 26.3. The summed E-state index contributed by atoms with van der Waals surface area (Å²) in [7, 11) is 3.75. The molecule has 0 radical (unpaired) electrons. The molecule has 3 aromatic rings. The van der Waals surface area contributed by atoms with Crippen LogP contribution in [0, 0.1) is 0 Å². The SMILES string of the molecule is CN(c1ccc(-c2ccc(-c3cc(=O)n(C)cn3)cc2O)nn1)[C@H]1C[C@]2(C)CCC[C@](C)(C1)N2. The van der Waals surface area contributed by atoms with Gasteiger partial charge in [-0.1, -0.05) is 6.07 Å². The highest BCUT2D eigenvalue weighted by atomic mass is 16.3. The van der Waals surface area contributed by atoms with Crippen molar-refractivity contribution >= 4 is 5.82 Å². The van der Waals surface area contributed by atoms with E-state index in [2.05, 4.69) is 46.3 Å². The quantitative estimate of drug-likeness (QED) is 0.615. The lowest BCUT2D eigenvalue weighted by molar-refractivity contribution is 0.0784. The summed E-state index contributed by atoms with van der Waals surface area (Å²) < 4.78 is 1.41. The number of hydrogen-bond acceptors (Lipinski definition) is 7. The third kappa shape index (κ3) is 4.18. The molecule has 2 fully saturated rings. The smallest absolute Gasteiger partial charge is 0.253 e. The van der Waals surface area contributed by atoms with Crippen LogP contribution in [0.5, 0.6) is 5.75 Å². The zero-order valence-electron chi connectivity index (χ0n) is 20.2. The molecule has 2 aliphatic rings. The van der Waals surface area contributed by atoms with Gasteiger partial charge in [0.2, 0.25) is 0 Å². The Morgan fingerprint density at radius 1 is 1.06 bits per heavy atom. The number of aromatic nitrogens is 4. The van der Waals surface area contributed by atoms with Crippen LogP contribution < -0.4 is 15.8 Å². The van der Waals surface area contributed by atoms with Gasteiger partial charge in [-0.25, -0.2) is 4.98 Å². The fraction of sp³-hybridized carbons (Fsp3) is 0.462. The number of anilines is 1. The molecule has 5 rings (SSSR count). The van der Waals surface area contributed by atoms with Crippen LogP contribution >= 0.6 is 0 Å². The van der Waals surface area contributed by atoms with Gasteiger partial charge in [0.1, 0.15) is 5.75 Å². The molecule has 0 unspecified atom stereocenters. The van der Waals surface area contributed by atoms with Crippen LogP contribution in [0.1, 0.15) is 46.0 Å². The number of nitrogens with one attached hydrogen (secondary N) is 1. The fourth-order valence-electron chi connectivity index (χ4n) is 5.79. The van der Waals surface area contributed by atoms with Crippen LogP contribution in [0.3, 0.4) is 0 Å². The van der Waals surface area contributed by atoms with Crippen LogP contribution in [0.15, 0.2) is 47.5 Å². The predicted octanol–water partition coefficient (Wildman–Crippen LogP) is 3.50. The van der Waals surface area contributed by atoms with E-state index in [1.54, 1.807) is 19.2 Å². The monoisotopic (exact) mass is 460 g/mol. The van der Waals surface area contributed by atoms with E-state index in [0.717, 1.165) is 18.7 Å². The van der Waals surface area contributed by atoms with Gasteiger partial charge in [-0.2, -0.15) is 0 Å². The van der Waals surface area contributed by atoms with E-state index in [1.807, 2.05) is 18.2 Å². The zero-order chi connectivity index (χ0) is 24.1. The second kappa shape index (κ2) is 8.20. The lowest BCUT2D eigenvalue weighted by Crippen LogP contribution is -2.66. The van der Waals surface area contributed by atoms with Gasteiger partial charge in [0.05, 0.1) is 17.7 Å². The molecule has 2 saturated heterocycles. The van der Waals surface area contributed by atoms with Crippen LogP contribution in [-0.4, -0.2) is 49.0 Å². The molecular weight excluding hydrogens is 428 g/mol. The number of piperidine rings is 2. The number of aromatic hydroxyl groups is 1. The van der Waals surface area contributed by atoms with Gasteiger partial charge in [-0.05, 0) is 70.2 Å². The molecular formula is C26H32N6O2. The Morgan fingerprint density at radius 2 is 1.79 bits per heavy atom. The summed E-state index contributed by atoms with van der Waals surface area (Å²) in [5.74, 6) is 0.906. The highest BCUT2D eigenvalue weighted by Crippen LogP contribution is 2.42. The Balaban J connectivity index is 1.36. The van der Waals surface area contributed by atoms with E-state index in [0.29, 0.717) is 28.6 Å². The maximum atomic E-state index is 11.9. The molecule has 2 aromatic heterocycles. The van der Waals surface area contributed by atoms with E-state index in [1.165, 1.54) is 36.2 Å². The van der Waals surface area contributed by atoms with Gasteiger partial charge >= 0.3 is 0 Å². The summed E-state index contributed by atoms with van der Waals surface area (Å²) in [6, 6.07) is 10.9. The maximum absolute atomic E-state index is 11.9. The van der Waals surface area contributed by atoms with Crippen LogP contribution in [0.4, 0.5) is 5.82 Å². The molecule has 0 saturated carbocycles. The van der Waals surface area contributed by atoms with Crippen molar-refractivity contribution in [2.24, 2.45) is 7.05 Å². The molecule has 3 atom stereocenters. The maximum Gasteiger partial charge on any atom is 0.253 e. The Hall–Kier alpha value is -3.26. The summed E-state index contributed by atoms with van der Waals surface area (Å²) in [4.78, 5) is 18.4. The van der Waals surface area contributed by atoms with Crippen molar-refractivity contribution in [1.82, 2.24) is 25.1 Å². The molecule has 0 amide bonds. The average molecular weight is 461 g/mol. The predicted molar refractivity (Wildman–Crippen MR) is 133 cm³/mol. The molecule has 34 heavy (non-hydrogen) atoms. The molecule has 8 heteroatoms. The molecule has 2 N–H and O–H groups in total. The van der Waals surface area contributed by atoms with Crippen molar-refractivity contribution in [2.45, 2.75) is 63.1 Å². The zero-order valence-corrected chi connectivity index (χ0v) is 20.2. The third-order valence-electron chi connectivity index (χ3n) is 7.54. The number of nitrogens with zero attached hydrogens (tertiary/aromatic N) is 5. The summed E-state index contributed by atoms with van der Waals surface area (Å²) in [6.45, 7) is 4.68. The first-order chi connectivity index (χ1) is 16.1. The van der Waals surface area contributed by atoms with Crippen molar-refractivity contribution < 1.29 is 5.11 Å². The number of fused-ring (bicyclic) bond motifs is 2. The van der Waals surface area contributed by atoms with E-state index < -0.39 is 0 Å². The van der Waals surface area contributed by atoms with E-state index in [9.17, 15) is 9.90 Å². The van der Waals surface area contributed by atoms with Crippen LogP contribution in [-0.2, 0) is 7.05 Å². The summed E-state index contributed by atoms with van der Waals surface area (Å²) in [5.41, 5.74) is 2.56. The standard InChI is InChI=1S/C26H32N6O2/c1-25-10-5-11-26(2,30-25)15-18(14-25)32(4)23-9-8-20(28-29-23)19-7-6-17(12-22(19)33)21-13-24(34)31(3)16-27-21/h6-9,12-13,16,18,30,33H,5,10-11,14-15H2,1-4H3/t18-,25-,26+. The summed E-state index contributed by atoms with van der Waals surface area (Å²) in [5, 5.41) is 23.5. The topological polar surface area (TPSA) is 96.2 Å². The molecule has 0 aliphatic carbocycles. The minimum Gasteiger partial charge on any atom is -0.507 e. The van der Waals surface area contributed by atoms with Crippen molar-refractivity contribution in [3.63, 3.8) is 0 Å². The van der Waals surface area contributed by atoms with Crippen molar-refractivity contribution in [3.05, 3.63) is 53.1 Å². The summed E-state index contributed by atoms with van der Waals surface area (Å²) in [6.07, 6.45) is 7.34. The van der Waals surface area contributed by atoms with Gasteiger partial charge in [0, 0.05) is 48.4 Å². The Bertz CT molecular complexity index is 1260. The molecule has 8 nitrogen and oxygen atoms in total. The van der Waals surface area contributed by atoms with Gasteiger partial charge in [0.15, 0.2) is 5.82 Å². The van der Waals surface area contributed by atoms with Gasteiger partial charge in [-0.3, -0.25) is 4.79 Å². The Morgan fingerprint density at radius 3 is 2.41 bits per heavy atom. The molecule has 1 aromatic carbocycles. The minimum absolute atomic E-state index is 0.0717. The number of hydrogen-bond donors (Lipinski definition) is 2. The van der Waals surface area contributed by atoms with E-state index in [-0.39, 0.29) is 22.4 Å². The third-order valence-corrected chi connectivity index (χ3v) is 7.54. The van der Waals surface area contributed by atoms with Gasteiger partial charge in [0.25, 0.3) is 5.56 Å². The first-order valence-electron chi connectivity index (χ1n) is 11.9. The number of phenols is 1. The highest BCUT2D eigenvalue weighted by molar-refractivity contribution is 5.73. The fourth-order valence-corrected chi connectivity index (χ4v) is 5.79. The van der Waals surface area contributed by atoms with Crippen LogP contribution in [0.2, 0.25) is 0 Å². The first kappa shape index (κ1) is 22.5. The first-order valence-corrected chi connectivity index (χ1v) is 11.9. The summed E-state index contributed by atoms with van der Waals surface area (Å²) >= 11 is 0. The number of phenolic OH excluding ortho intramolecular Hbond substituents is 1. The Labute approximate surface area is 199 Å². The Kier molecular flexibility index (Phi) is 5.43. The lowest BCUT2D eigenvalue weighted by atomic mass is 9.69. The largest absolute Gasteiger partial charge is 0.507 e. The second-order valence-corrected chi connectivity index (χ2v) is 10.5. The molecule has 4 heterocycles.